The molecule has 0 radical (unpaired) electrons. The van der Waals surface area contributed by atoms with Gasteiger partial charge in [-0.1, -0.05) is 291 Å². The number of aliphatic hydroxyl groups is 1. The Morgan fingerprint density at radius 3 is 1.00 bits per heavy atom. The van der Waals surface area contributed by atoms with Crippen molar-refractivity contribution in [1.82, 2.24) is 0 Å². The summed E-state index contributed by atoms with van der Waals surface area (Å²) >= 11 is 0. The van der Waals surface area contributed by atoms with E-state index in [2.05, 4.69) is 218 Å². The van der Waals surface area contributed by atoms with Gasteiger partial charge in [0.15, 0.2) is 37.7 Å². The lowest BCUT2D eigenvalue weighted by Crippen LogP contribution is -2.26. The molecule has 11 rings (SSSR count). The second-order valence-corrected chi connectivity index (χ2v) is 34.9. The van der Waals surface area contributed by atoms with Crippen molar-refractivity contribution in [3.63, 3.8) is 0 Å². The van der Waals surface area contributed by atoms with Gasteiger partial charge in [-0.05, 0) is 297 Å². The molecule has 2 saturated carbocycles. The summed E-state index contributed by atoms with van der Waals surface area (Å²) in [5, 5.41) is 9.67. The lowest BCUT2D eigenvalue weighted by molar-refractivity contribution is -0.116. The number of benzene rings is 9. The van der Waals surface area contributed by atoms with E-state index in [1.54, 1.807) is 0 Å². The van der Waals surface area contributed by atoms with Gasteiger partial charge in [-0.3, -0.25) is 0 Å². The molecule has 0 aliphatic heterocycles. The maximum atomic E-state index is 9.67. The molecule has 0 spiro atoms. The van der Waals surface area contributed by atoms with Gasteiger partial charge in [0, 0.05) is 12.2 Å². The molecule has 9 aromatic carbocycles. The molecule has 12 unspecified atom stereocenters. The van der Waals surface area contributed by atoms with Crippen molar-refractivity contribution in [2.75, 3.05) is 26.4 Å². The number of hydrogen-bond donors (Lipinski definition) is 1. The Hall–Kier alpha value is -8.50. The zero-order chi connectivity index (χ0) is 92.1. The Morgan fingerprint density at radius 1 is 0.299 bits per heavy atom. The number of hydrogen-bond acceptors (Lipinski definition) is 13. The summed E-state index contributed by atoms with van der Waals surface area (Å²) in [4.78, 5) is 0. The minimum absolute atomic E-state index is 0.0328. The molecule has 0 heterocycles. The maximum absolute atomic E-state index is 9.67. The van der Waals surface area contributed by atoms with E-state index in [9.17, 15) is 5.11 Å². The van der Waals surface area contributed by atoms with Crippen LogP contribution in [0, 0.1) is 19.8 Å². The number of rotatable bonds is 44. The zero-order valence-corrected chi connectivity index (χ0v) is 81.9. The summed E-state index contributed by atoms with van der Waals surface area (Å²) in [6.45, 7) is 47.8. The highest BCUT2D eigenvalue weighted by Crippen LogP contribution is 2.33. The summed E-state index contributed by atoms with van der Waals surface area (Å²) < 4.78 is 69.2. The van der Waals surface area contributed by atoms with Crippen LogP contribution in [-0.2, 0) is 54.5 Å². The third kappa shape index (κ3) is 43.2. The lowest BCUT2D eigenvalue weighted by atomic mass is 9.87. The van der Waals surface area contributed by atoms with Crippen LogP contribution in [0.2, 0.25) is 0 Å². The minimum atomic E-state index is -0.361. The number of aliphatic hydroxyl groups excluding tert-OH is 1. The molecule has 127 heavy (non-hydrogen) atoms. The fourth-order valence-electron chi connectivity index (χ4n) is 15.2. The molecule has 0 aromatic heterocycles. The highest BCUT2D eigenvalue weighted by molar-refractivity contribution is 5.39. The van der Waals surface area contributed by atoms with Crippen LogP contribution in [0.1, 0.15) is 343 Å². The van der Waals surface area contributed by atoms with Crippen molar-refractivity contribution in [1.29, 1.82) is 0 Å². The molecular formula is C114H164O13. The van der Waals surface area contributed by atoms with E-state index in [0.717, 1.165) is 90.9 Å². The summed E-state index contributed by atoms with van der Waals surface area (Å²) in [7, 11) is 0. The van der Waals surface area contributed by atoms with Gasteiger partial charge in [-0.25, -0.2) is 0 Å². The maximum Gasteiger partial charge on any atom is 0.197 e. The van der Waals surface area contributed by atoms with Crippen LogP contribution >= 0.6 is 0 Å². The highest BCUT2D eigenvalue weighted by atomic mass is 16.7. The summed E-state index contributed by atoms with van der Waals surface area (Å²) in [6.07, 6.45) is 22.1. The second-order valence-electron chi connectivity index (χ2n) is 34.9. The van der Waals surface area contributed by atoms with E-state index < -0.39 is 0 Å². The largest absolute Gasteiger partial charge is 0.465 e. The average molecular weight is 1740 g/mol. The Morgan fingerprint density at radius 2 is 0.622 bits per heavy atom. The molecule has 2 aliphatic rings. The molecule has 2 fully saturated rings. The molecule has 2 aliphatic carbocycles. The minimum Gasteiger partial charge on any atom is -0.465 e. The van der Waals surface area contributed by atoms with Crippen molar-refractivity contribution >= 4 is 0 Å². The smallest absolute Gasteiger partial charge is 0.197 e. The van der Waals surface area contributed by atoms with E-state index in [4.69, 9.17) is 56.8 Å². The van der Waals surface area contributed by atoms with Gasteiger partial charge in [-0.2, -0.15) is 0 Å². The van der Waals surface area contributed by atoms with Crippen LogP contribution in [0.3, 0.4) is 0 Å². The summed E-state index contributed by atoms with van der Waals surface area (Å²) in [6, 6.07) is 74.9. The van der Waals surface area contributed by atoms with Crippen molar-refractivity contribution in [2.45, 2.75) is 360 Å². The van der Waals surface area contributed by atoms with Crippen molar-refractivity contribution in [2.24, 2.45) is 5.92 Å². The van der Waals surface area contributed by atoms with E-state index in [0.29, 0.717) is 73.8 Å². The summed E-state index contributed by atoms with van der Waals surface area (Å²) in [5.41, 5.74) is 15.1. The van der Waals surface area contributed by atoms with E-state index in [-0.39, 0.29) is 44.3 Å². The van der Waals surface area contributed by atoms with Crippen LogP contribution in [0.25, 0.3) is 0 Å². The fraction of sp³-hybridized carbons (Fsp3) is 0.526. The molecule has 1 N–H and O–H groups in total. The van der Waals surface area contributed by atoms with Gasteiger partial charge in [0.25, 0.3) is 0 Å². The van der Waals surface area contributed by atoms with Gasteiger partial charge >= 0.3 is 0 Å². The lowest BCUT2D eigenvalue weighted by Gasteiger charge is -2.26. The second kappa shape index (κ2) is 61.9. The first kappa shape index (κ1) is 107. The first-order valence-corrected chi connectivity index (χ1v) is 48.5. The Bertz CT molecular complexity index is 4220. The van der Waals surface area contributed by atoms with Gasteiger partial charge in [0.05, 0.1) is 39.1 Å². The zero-order valence-electron chi connectivity index (χ0n) is 81.9. The van der Waals surface area contributed by atoms with Gasteiger partial charge < -0.3 is 61.9 Å². The average Bonchev–Trinajstić information content (AvgIpc) is 0.843. The Balaban J connectivity index is 0.000000236. The topological polar surface area (TPSA) is 131 Å². The van der Waals surface area contributed by atoms with Crippen molar-refractivity contribution < 1.29 is 61.9 Å². The predicted molar refractivity (Wildman–Crippen MR) is 527 cm³/mol. The van der Waals surface area contributed by atoms with Crippen molar-refractivity contribution in [3.8, 4) is 34.5 Å². The van der Waals surface area contributed by atoms with Crippen molar-refractivity contribution in [3.05, 3.63) is 285 Å². The normalized spacial score (nSPS) is 15.5. The molecule has 13 heteroatoms. The van der Waals surface area contributed by atoms with E-state index >= 15 is 0 Å². The van der Waals surface area contributed by atoms with Gasteiger partial charge in [-0.15, -0.1) is 0 Å². The molecule has 0 saturated heterocycles. The van der Waals surface area contributed by atoms with E-state index in [1.165, 1.54) is 139 Å². The van der Waals surface area contributed by atoms with Crippen LogP contribution < -0.4 is 28.4 Å². The third-order valence-electron chi connectivity index (χ3n) is 24.4. The molecule has 698 valence electrons. The molecule has 9 aromatic rings. The Kier molecular flexibility index (Phi) is 52.3. The Labute approximate surface area is 769 Å². The third-order valence-corrected chi connectivity index (χ3v) is 24.4. The van der Waals surface area contributed by atoms with Gasteiger partial charge in [0.2, 0.25) is 0 Å². The monoisotopic (exact) mass is 1740 g/mol. The van der Waals surface area contributed by atoms with Crippen LogP contribution in [0.15, 0.2) is 218 Å². The van der Waals surface area contributed by atoms with E-state index in [1.807, 2.05) is 146 Å². The molecular weight excluding hydrogens is 1580 g/mol. The molecule has 12 atom stereocenters. The van der Waals surface area contributed by atoms with Crippen LogP contribution in [0.4, 0.5) is 0 Å². The van der Waals surface area contributed by atoms with Crippen LogP contribution in [0.5, 0.6) is 34.5 Å². The molecule has 0 bridgehead atoms. The predicted octanol–water partition coefficient (Wildman–Crippen LogP) is 30.8. The standard InChI is InChI=1S/C23H32O3.C20H32O2.C20H26O2.C19H24O2.C18H28O2.C14H22O2/c1-6-18(4)21-7-8-23(22(14-21)15-24)26-19(5)25-10-9-20-12-16(2)11-17(3)13-20;2*1-4-16(2)19-10-12-20(13-11-19)22-17(3)21-15-14-18-8-6-5-7-9-18;1-4-15(2)18-10-12-19(13-11-18)21-16(3)20-14-17-8-6-5-7-9-17;1-4-14(2)16-10-12-18(13-11-16)20-15(3)19-17-8-6-5-7-9-17;1-5-11(3)13-7-9-14(10-8-13)16-12(4)15-6-2/h7-8,11-14,18-19,24H,6,9-10,15H2,1-5H3;10-13,16-18H,4-9,14-15H2,1-3H3;5-13,16-17H,4,14-15H2,1-3H3;5-13,15-16H,4,14H2,1-3H3;10-15,17H,4-9H2,1-3H3;7-12H,5-6H2,1-4H3. The summed E-state index contributed by atoms with van der Waals surface area (Å²) in [5.74, 6) is 9.43. The SMILES string of the molecule is CCC(C)c1ccc(OC(C)OC2CCCCC2)cc1.CCC(C)c1ccc(OC(C)OCCC2CCCCC2)cc1.CCC(C)c1ccc(OC(C)OCCc2cc(C)cc(C)c2)c(CO)c1.CCC(C)c1ccc(OC(C)OCCc2ccccc2)cc1.CCC(C)c1ccc(OC(C)OCc2ccccc2)cc1.CCOC(C)Oc1ccc(C(C)CC)cc1. The fourth-order valence-corrected chi connectivity index (χ4v) is 15.2. The number of aryl methyl sites for hydroxylation is 2. The highest BCUT2D eigenvalue weighted by Gasteiger charge is 2.20. The van der Waals surface area contributed by atoms with Gasteiger partial charge in [0.1, 0.15) is 34.5 Å². The first-order chi connectivity index (χ1) is 61.3. The molecule has 13 nitrogen and oxygen atoms in total. The molecule has 0 amide bonds. The van der Waals surface area contributed by atoms with Crippen LogP contribution in [-0.4, -0.2) is 75.4 Å². The quantitative estimate of drug-likeness (QED) is 0.0364. The first-order valence-electron chi connectivity index (χ1n) is 48.5. The number of ether oxygens (including phenoxy) is 12.